The summed E-state index contributed by atoms with van der Waals surface area (Å²) in [6.07, 6.45) is 0. The van der Waals surface area contributed by atoms with Gasteiger partial charge in [0.2, 0.25) is 5.91 Å². The van der Waals surface area contributed by atoms with Crippen molar-refractivity contribution in [3.05, 3.63) is 35.9 Å². The molecule has 0 aliphatic carbocycles. The highest BCUT2D eigenvalue weighted by Crippen LogP contribution is 2.13. The van der Waals surface area contributed by atoms with E-state index in [9.17, 15) is 4.79 Å². The first-order chi connectivity index (χ1) is 8.02. The lowest BCUT2D eigenvalue weighted by molar-refractivity contribution is -0.123. The summed E-state index contributed by atoms with van der Waals surface area (Å²) in [5.74, 6) is 0.407. The van der Waals surface area contributed by atoms with Gasteiger partial charge in [0.1, 0.15) is 0 Å². The fraction of sp³-hybridized carbons (Fsp3) is 0.500. The molecule has 94 valence electrons. The van der Waals surface area contributed by atoms with Crippen molar-refractivity contribution in [3.63, 3.8) is 0 Å². The van der Waals surface area contributed by atoms with E-state index < -0.39 is 6.04 Å². The number of hydrogen-bond donors (Lipinski definition) is 2. The Bertz CT molecular complexity index is 348. The van der Waals surface area contributed by atoms with Crippen LogP contribution in [0.3, 0.4) is 0 Å². The molecule has 0 saturated heterocycles. The Morgan fingerprint density at radius 3 is 2.35 bits per heavy atom. The zero-order valence-corrected chi connectivity index (χ0v) is 10.8. The maximum atomic E-state index is 11.7. The number of carbonyl (C=O) groups is 1. The van der Waals surface area contributed by atoms with Gasteiger partial charge in [0.25, 0.3) is 0 Å². The van der Waals surface area contributed by atoms with Crippen molar-refractivity contribution in [2.45, 2.75) is 32.7 Å². The Morgan fingerprint density at radius 1 is 1.24 bits per heavy atom. The molecule has 0 heterocycles. The average Bonchev–Trinajstić information content (AvgIpc) is 2.35. The summed E-state index contributed by atoms with van der Waals surface area (Å²) in [4.78, 5) is 11.7. The molecule has 0 fully saturated rings. The van der Waals surface area contributed by atoms with Crippen LogP contribution in [0.2, 0.25) is 0 Å². The van der Waals surface area contributed by atoms with Crippen LogP contribution in [0.5, 0.6) is 0 Å². The maximum absolute atomic E-state index is 11.7. The minimum atomic E-state index is -0.419. The first kappa shape index (κ1) is 13.7. The summed E-state index contributed by atoms with van der Waals surface area (Å²) in [7, 11) is 0. The van der Waals surface area contributed by atoms with Gasteiger partial charge in [0.05, 0.1) is 6.04 Å². The number of nitrogens with one attached hydrogen (secondary N) is 1. The van der Waals surface area contributed by atoms with Crippen molar-refractivity contribution in [2.75, 3.05) is 6.54 Å². The average molecular weight is 234 g/mol. The van der Waals surface area contributed by atoms with Gasteiger partial charge < -0.3 is 11.1 Å². The van der Waals surface area contributed by atoms with E-state index in [2.05, 4.69) is 24.4 Å². The first-order valence-electron chi connectivity index (χ1n) is 6.10. The topological polar surface area (TPSA) is 55.1 Å². The van der Waals surface area contributed by atoms with Crippen LogP contribution in [0.15, 0.2) is 30.3 Å². The highest BCUT2D eigenvalue weighted by Gasteiger charge is 2.17. The van der Waals surface area contributed by atoms with E-state index in [1.54, 1.807) is 0 Å². The van der Waals surface area contributed by atoms with Gasteiger partial charge in [0.15, 0.2) is 0 Å². The van der Waals surface area contributed by atoms with Crippen molar-refractivity contribution < 1.29 is 4.79 Å². The van der Waals surface area contributed by atoms with Crippen molar-refractivity contribution >= 4 is 5.91 Å². The van der Waals surface area contributed by atoms with Crippen molar-refractivity contribution in [3.8, 4) is 0 Å². The van der Waals surface area contributed by atoms with Gasteiger partial charge in [-0.3, -0.25) is 4.79 Å². The maximum Gasteiger partial charge on any atom is 0.237 e. The van der Waals surface area contributed by atoms with Crippen molar-refractivity contribution in [2.24, 2.45) is 11.7 Å². The summed E-state index contributed by atoms with van der Waals surface area (Å²) in [5.41, 5.74) is 7.00. The van der Waals surface area contributed by atoms with Gasteiger partial charge in [-0.2, -0.15) is 0 Å². The summed E-state index contributed by atoms with van der Waals surface area (Å²) in [6.45, 7) is 6.62. The number of benzene rings is 1. The summed E-state index contributed by atoms with van der Waals surface area (Å²) in [5, 5.41) is 2.90. The second-order valence-corrected chi connectivity index (χ2v) is 4.83. The third kappa shape index (κ3) is 4.19. The fourth-order valence-electron chi connectivity index (χ4n) is 1.57. The van der Waals surface area contributed by atoms with E-state index in [4.69, 9.17) is 5.73 Å². The van der Waals surface area contributed by atoms with E-state index in [-0.39, 0.29) is 11.8 Å². The monoisotopic (exact) mass is 234 g/mol. The molecule has 1 aromatic carbocycles. The molecule has 1 rings (SSSR count). The number of amides is 1. The molecule has 1 aromatic rings. The van der Waals surface area contributed by atoms with Gasteiger partial charge in [-0.1, -0.05) is 51.1 Å². The van der Waals surface area contributed by atoms with E-state index in [1.165, 1.54) is 5.56 Å². The van der Waals surface area contributed by atoms with Crippen LogP contribution >= 0.6 is 0 Å². The number of nitrogens with two attached hydrogens (primary N) is 1. The quantitative estimate of drug-likeness (QED) is 0.817. The van der Waals surface area contributed by atoms with Crippen LogP contribution in [0.4, 0.5) is 0 Å². The van der Waals surface area contributed by atoms with Crippen molar-refractivity contribution in [1.82, 2.24) is 5.32 Å². The summed E-state index contributed by atoms with van der Waals surface area (Å²) in [6, 6.07) is 9.72. The summed E-state index contributed by atoms with van der Waals surface area (Å²) < 4.78 is 0. The SMILES string of the molecule is CC(CNC(=O)[C@H](N)C(C)C)c1ccccc1. The van der Waals surface area contributed by atoms with Gasteiger partial charge in [-0.05, 0) is 17.4 Å². The standard InChI is InChI=1S/C14H22N2O/c1-10(2)13(15)14(17)16-9-11(3)12-7-5-4-6-8-12/h4-8,10-11,13H,9,15H2,1-3H3,(H,16,17)/t11?,13-/m1/s1. The largest absolute Gasteiger partial charge is 0.354 e. The molecular weight excluding hydrogens is 212 g/mol. The van der Waals surface area contributed by atoms with Gasteiger partial charge >= 0.3 is 0 Å². The molecule has 2 atom stereocenters. The predicted octanol–water partition coefficient (Wildman–Crippen LogP) is 1.89. The molecule has 3 nitrogen and oxygen atoms in total. The Labute approximate surface area is 103 Å². The van der Waals surface area contributed by atoms with Crippen molar-refractivity contribution in [1.29, 1.82) is 0 Å². The molecule has 0 radical (unpaired) electrons. The highest BCUT2D eigenvalue weighted by molar-refractivity contribution is 5.81. The number of carbonyl (C=O) groups excluding carboxylic acids is 1. The van der Waals surface area contributed by atoms with Crippen LogP contribution < -0.4 is 11.1 Å². The minimum Gasteiger partial charge on any atom is -0.354 e. The fourth-order valence-corrected chi connectivity index (χ4v) is 1.57. The van der Waals surface area contributed by atoms with Crippen LogP contribution in [0.1, 0.15) is 32.3 Å². The van der Waals surface area contributed by atoms with Crippen LogP contribution in [0, 0.1) is 5.92 Å². The van der Waals surface area contributed by atoms with E-state index in [0.717, 1.165) is 0 Å². The zero-order valence-electron chi connectivity index (χ0n) is 10.8. The normalized spacial score (nSPS) is 14.4. The van der Waals surface area contributed by atoms with Crippen LogP contribution in [-0.2, 0) is 4.79 Å². The number of rotatable bonds is 5. The van der Waals surface area contributed by atoms with Crippen LogP contribution in [0.25, 0.3) is 0 Å². The third-order valence-corrected chi connectivity index (χ3v) is 2.97. The third-order valence-electron chi connectivity index (χ3n) is 2.97. The molecule has 0 bridgehead atoms. The Balaban J connectivity index is 2.44. The molecule has 0 saturated carbocycles. The molecule has 3 N–H and O–H groups in total. The zero-order chi connectivity index (χ0) is 12.8. The Hall–Kier alpha value is -1.35. The second-order valence-electron chi connectivity index (χ2n) is 4.83. The Morgan fingerprint density at radius 2 is 1.82 bits per heavy atom. The lowest BCUT2D eigenvalue weighted by Crippen LogP contribution is -2.44. The second kappa shape index (κ2) is 6.40. The van der Waals surface area contributed by atoms with Crippen LogP contribution in [-0.4, -0.2) is 18.5 Å². The van der Waals surface area contributed by atoms with E-state index >= 15 is 0 Å². The molecule has 0 aliphatic rings. The smallest absolute Gasteiger partial charge is 0.237 e. The van der Waals surface area contributed by atoms with Gasteiger partial charge in [0, 0.05) is 6.54 Å². The van der Waals surface area contributed by atoms with E-state index in [1.807, 2.05) is 32.0 Å². The highest BCUT2D eigenvalue weighted by atomic mass is 16.2. The predicted molar refractivity (Wildman–Crippen MR) is 70.7 cm³/mol. The first-order valence-corrected chi connectivity index (χ1v) is 6.10. The lowest BCUT2D eigenvalue weighted by atomic mass is 10.0. The lowest BCUT2D eigenvalue weighted by Gasteiger charge is -2.18. The molecule has 1 amide bonds. The molecular formula is C14H22N2O. The summed E-state index contributed by atoms with van der Waals surface area (Å²) >= 11 is 0. The Kier molecular flexibility index (Phi) is 5.16. The molecule has 0 aliphatic heterocycles. The molecule has 0 spiro atoms. The number of hydrogen-bond acceptors (Lipinski definition) is 2. The molecule has 17 heavy (non-hydrogen) atoms. The van der Waals surface area contributed by atoms with Gasteiger partial charge in [-0.25, -0.2) is 0 Å². The van der Waals surface area contributed by atoms with E-state index in [0.29, 0.717) is 12.5 Å². The molecule has 3 heteroatoms. The van der Waals surface area contributed by atoms with Gasteiger partial charge in [-0.15, -0.1) is 0 Å². The molecule has 1 unspecified atom stereocenters. The molecule has 0 aromatic heterocycles. The minimum absolute atomic E-state index is 0.0669.